The molecule has 1 atom stereocenters. The predicted octanol–water partition coefficient (Wildman–Crippen LogP) is 6.90. The first-order valence-electron chi connectivity index (χ1n) is 14.8. The van der Waals surface area contributed by atoms with Crippen molar-refractivity contribution >= 4 is 63.7 Å². The number of nitrogens with one attached hydrogen (secondary N) is 3. The van der Waals surface area contributed by atoms with E-state index in [1.807, 2.05) is 42.5 Å². The summed E-state index contributed by atoms with van der Waals surface area (Å²) in [6.45, 7) is 8.04. The monoisotopic (exact) mass is 656 g/mol. The van der Waals surface area contributed by atoms with Gasteiger partial charge in [-0.1, -0.05) is 56.3 Å². The van der Waals surface area contributed by atoms with Gasteiger partial charge in [-0.25, -0.2) is 4.98 Å². The number of ether oxygens (including phenoxy) is 1. The molecule has 4 aromatic rings. The maximum absolute atomic E-state index is 13.4. The summed E-state index contributed by atoms with van der Waals surface area (Å²) in [7, 11) is 0. The number of carbonyl (C=O) groups excluding carboxylic acids is 4. The van der Waals surface area contributed by atoms with Gasteiger partial charge in [0, 0.05) is 21.5 Å². The van der Waals surface area contributed by atoms with Gasteiger partial charge in [-0.15, -0.1) is 23.1 Å². The second kappa shape index (κ2) is 16.5. The van der Waals surface area contributed by atoms with E-state index in [0.29, 0.717) is 34.6 Å². The third-order valence-corrected chi connectivity index (χ3v) is 8.57. The molecule has 0 bridgehead atoms. The van der Waals surface area contributed by atoms with Crippen molar-refractivity contribution in [1.29, 1.82) is 0 Å². The van der Waals surface area contributed by atoms with Gasteiger partial charge in [-0.05, 0) is 73.4 Å². The van der Waals surface area contributed by atoms with E-state index in [9.17, 15) is 19.2 Å². The van der Waals surface area contributed by atoms with Gasteiger partial charge in [0.1, 0.15) is 5.70 Å². The summed E-state index contributed by atoms with van der Waals surface area (Å²) in [5.74, 6) is -1.10. The van der Waals surface area contributed by atoms with Crippen molar-refractivity contribution in [2.24, 2.45) is 0 Å². The minimum atomic E-state index is -0.476. The van der Waals surface area contributed by atoms with E-state index in [4.69, 9.17) is 4.74 Å². The van der Waals surface area contributed by atoms with E-state index in [1.165, 1.54) is 28.7 Å². The third kappa shape index (κ3) is 10.1. The Kier molecular flexibility index (Phi) is 12.3. The minimum Gasteiger partial charge on any atom is -0.466 e. The number of anilines is 2. The number of rotatable bonds is 13. The van der Waals surface area contributed by atoms with Crippen molar-refractivity contribution in [3.8, 4) is 0 Å². The highest BCUT2D eigenvalue weighted by atomic mass is 32.2. The Balaban J connectivity index is 1.39. The Morgan fingerprint density at radius 1 is 0.913 bits per heavy atom. The van der Waals surface area contributed by atoms with Crippen LogP contribution in [0.1, 0.15) is 60.8 Å². The van der Waals surface area contributed by atoms with Crippen molar-refractivity contribution in [3.63, 3.8) is 0 Å². The van der Waals surface area contributed by atoms with Crippen LogP contribution in [0.15, 0.2) is 94.8 Å². The molecule has 0 saturated carbocycles. The largest absolute Gasteiger partial charge is 0.466 e. The zero-order valence-electron chi connectivity index (χ0n) is 26.0. The maximum Gasteiger partial charge on any atom is 0.311 e. The summed E-state index contributed by atoms with van der Waals surface area (Å²) >= 11 is 2.59. The van der Waals surface area contributed by atoms with Gasteiger partial charge in [-0.2, -0.15) is 0 Å². The number of aromatic nitrogens is 1. The number of carbonyl (C=O) groups is 4. The normalized spacial score (nSPS) is 11.9. The fourth-order valence-electron chi connectivity index (χ4n) is 4.17. The zero-order chi connectivity index (χ0) is 33.1. The predicted molar refractivity (Wildman–Crippen MR) is 184 cm³/mol. The van der Waals surface area contributed by atoms with Crippen LogP contribution in [0.3, 0.4) is 0 Å². The van der Waals surface area contributed by atoms with E-state index >= 15 is 0 Å². The highest BCUT2D eigenvalue weighted by Gasteiger charge is 2.18. The van der Waals surface area contributed by atoms with E-state index in [2.05, 4.69) is 34.8 Å². The standard InChI is InChI=1S/C35H36N4O5S2/c1-5-44-31(40)20-28-21-45-35(37-28)39-32(41)23(4)46-29-17-15-27(16-18-29)36-34(43)30(38-33(42)26-9-7-6-8-10-26)19-24-11-13-25(14-12-24)22(2)3/h6-19,21-23H,5,20H2,1-4H3,(H,36,43)(H,38,42)(H,37,39,41)/b30-19-. The molecule has 3 amide bonds. The molecule has 0 radical (unpaired) electrons. The van der Waals surface area contributed by atoms with E-state index in [-0.39, 0.29) is 24.0 Å². The van der Waals surface area contributed by atoms with Crippen LogP contribution in [0.4, 0.5) is 10.8 Å². The summed E-state index contributed by atoms with van der Waals surface area (Å²) in [6.07, 6.45) is 1.70. The van der Waals surface area contributed by atoms with Crippen LogP contribution in [-0.4, -0.2) is 40.5 Å². The molecule has 0 aliphatic rings. The van der Waals surface area contributed by atoms with Crippen LogP contribution < -0.4 is 16.0 Å². The molecule has 1 unspecified atom stereocenters. The van der Waals surface area contributed by atoms with Crippen molar-refractivity contribution in [1.82, 2.24) is 10.3 Å². The van der Waals surface area contributed by atoms with Crippen molar-refractivity contribution in [3.05, 3.63) is 112 Å². The molecule has 0 saturated heterocycles. The molecule has 0 aliphatic carbocycles. The van der Waals surface area contributed by atoms with Crippen molar-refractivity contribution in [2.75, 3.05) is 17.2 Å². The average Bonchev–Trinajstić information content (AvgIpc) is 3.48. The molecule has 3 N–H and O–H groups in total. The van der Waals surface area contributed by atoms with Gasteiger partial charge in [-0.3, -0.25) is 19.2 Å². The van der Waals surface area contributed by atoms with Crippen LogP contribution in [0.25, 0.3) is 6.08 Å². The quantitative estimate of drug-likeness (QED) is 0.0812. The van der Waals surface area contributed by atoms with Crippen molar-refractivity contribution in [2.45, 2.75) is 50.2 Å². The first-order chi connectivity index (χ1) is 22.1. The summed E-state index contributed by atoms with van der Waals surface area (Å²) in [4.78, 5) is 55.9. The summed E-state index contributed by atoms with van der Waals surface area (Å²) in [6, 6.07) is 23.6. The number of hydrogen-bond acceptors (Lipinski definition) is 8. The lowest BCUT2D eigenvalue weighted by molar-refractivity contribution is -0.142. The summed E-state index contributed by atoms with van der Waals surface area (Å²) in [5.41, 5.74) is 3.54. The Hall–Kier alpha value is -4.74. The number of hydrogen-bond donors (Lipinski definition) is 3. The molecule has 9 nitrogen and oxygen atoms in total. The number of thioether (sulfide) groups is 1. The first kappa shape index (κ1) is 34.1. The topological polar surface area (TPSA) is 126 Å². The minimum absolute atomic E-state index is 0.0511. The summed E-state index contributed by atoms with van der Waals surface area (Å²) in [5, 5.41) is 10.1. The highest BCUT2D eigenvalue weighted by molar-refractivity contribution is 8.00. The van der Waals surface area contributed by atoms with Gasteiger partial charge in [0.2, 0.25) is 5.91 Å². The highest BCUT2D eigenvalue weighted by Crippen LogP contribution is 2.27. The lowest BCUT2D eigenvalue weighted by Gasteiger charge is -2.13. The van der Waals surface area contributed by atoms with Crippen LogP contribution in [-0.2, 0) is 25.5 Å². The molecule has 1 heterocycles. The lowest BCUT2D eigenvalue weighted by atomic mass is 10.0. The first-order valence-corrected chi connectivity index (χ1v) is 16.5. The molecule has 238 valence electrons. The fourth-order valence-corrected chi connectivity index (χ4v) is 5.75. The molecule has 0 spiro atoms. The third-order valence-electron chi connectivity index (χ3n) is 6.65. The smallest absolute Gasteiger partial charge is 0.311 e. The molecule has 0 aliphatic heterocycles. The number of thiazole rings is 1. The molecular weight excluding hydrogens is 621 g/mol. The van der Waals surface area contributed by atoms with E-state index in [1.54, 1.807) is 61.7 Å². The SMILES string of the molecule is CCOC(=O)Cc1csc(NC(=O)C(C)Sc2ccc(NC(=O)/C(=C/c3ccc(C(C)C)cc3)NC(=O)c3ccccc3)cc2)n1. The number of amides is 3. The zero-order valence-corrected chi connectivity index (χ0v) is 27.7. The van der Waals surface area contributed by atoms with Gasteiger partial charge >= 0.3 is 5.97 Å². The molecule has 1 aromatic heterocycles. The van der Waals surface area contributed by atoms with Crippen LogP contribution >= 0.6 is 23.1 Å². The lowest BCUT2D eigenvalue weighted by Crippen LogP contribution is -2.30. The van der Waals surface area contributed by atoms with Gasteiger partial charge in [0.05, 0.1) is 24.0 Å². The maximum atomic E-state index is 13.4. The Bertz CT molecular complexity index is 1680. The molecule has 4 rings (SSSR count). The van der Waals surface area contributed by atoms with Crippen LogP contribution in [0, 0.1) is 0 Å². The molecule has 3 aromatic carbocycles. The molecular formula is C35H36N4O5S2. The summed E-state index contributed by atoms with van der Waals surface area (Å²) < 4.78 is 4.94. The van der Waals surface area contributed by atoms with Gasteiger partial charge in [0.25, 0.3) is 11.8 Å². The number of nitrogens with zero attached hydrogens (tertiary/aromatic N) is 1. The molecule has 0 fully saturated rings. The van der Waals surface area contributed by atoms with Crippen LogP contribution in [0.5, 0.6) is 0 Å². The molecule has 46 heavy (non-hydrogen) atoms. The number of esters is 1. The Labute approximate surface area is 276 Å². The van der Waals surface area contributed by atoms with Crippen LogP contribution in [0.2, 0.25) is 0 Å². The Morgan fingerprint density at radius 3 is 2.26 bits per heavy atom. The van der Waals surface area contributed by atoms with Crippen molar-refractivity contribution < 1.29 is 23.9 Å². The second-order valence-electron chi connectivity index (χ2n) is 10.6. The van der Waals surface area contributed by atoms with E-state index in [0.717, 1.165) is 10.5 Å². The Morgan fingerprint density at radius 2 is 1.61 bits per heavy atom. The second-order valence-corrected chi connectivity index (χ2v) is 12.8. The molecule has 11 heteroatoms. The van der Waals surface area contributed by atoms with Gasteiger partial charge < -0.3 is 20.7 Å². The fraction of sp³-hybridized carbons (Fsp3) is 0.229. The number of benzene rings is 3. The average molecular weight is 657 g/mol. The van der Waals surface area contributed by atoms with Gasteiger partial charge in [0.15, 0.2) is 5.13 Å². The van der Waals surface area contributed by atoms with E-state index < -0.39 is 17.1 Å².